The number of benzene rings is 3. The molecule has 0 saturated carbocycles. The molecule has 94 valence electrons. The Bertz CT molecular complexity index is 1600. The Kier molecular flexibility index (Phi) is 0.799. The molecule has 2 nitrogen and oxygen atoms in total. The van der Waals surface area contributed by atoms with Crippen molar-refractivity contribution in [1.82, 2.24) is 9.96 Å². The van der Waals surface area contributed by atoms with E-state index in [1.165, 1.54) is 6.07 Å². The Balaban J connectivity index is 2.22. The van der Waals surface area contributed by atoms with Crippen molar-refractivity contribution in [3.05, 3.63) is 60.4 Å². The van der Waals surface area contributed by atoms with Crippen molar-refractivity contribution >= 4 is 43.6 Å². The van der Waals surface area contributed by atoms with E-state index in [2.05, 4.69) is 4.98 Å². The molecule has 2 heterocycles. The predicted octanol–water partition coefficient (Wildman–Crippen LogP) is 4.96. The van der Waals surface area contributed by atoms with Crippen LogP contribution in [0.15, 0.2) is 60.4 Å². The standard InChI is InChI=1S/C18H12N2/c1-3-7-14-11(5-1)12-9-10-16-17(18(12)20-14)13-6-2-4-8-15(13)19-16/h1-10,19-20H/i1D,2D,3D,4D,5D,6D,8D,9D,10D/hD. The van der Waals surface area contributed by atoms with Crippen molar-refractivity contribution in [2.75, 3.05) is 0 Å². The molecule has 0 aliphatic carbocycles. The second-order valence-corrected chi connectivity index (χ2v) is 4.51. The average molecular weight is 266 g/mol. The van der Waals surface area contributed by atoms with Crippen molar-refractivity contribution in [3.63, 3.8) is 0 Å². The molecule has 0 fully saturated rings. The van der Waals surface area contributed by atoms with Gasteiger partial charge in [-0.2, -0.15) is 0 Å². The molecule has 2 aromatic heterocycles. The number of aromatic amines is 2. The quantitative estimate of drug-likeness (QED) is 0.397. The first kappa shape index (κ1) is 4.67. The number of hydrogen-bond donors (Lipinski definition) is 2. The van der Waals surface area contributed by atoms with Gasteiger partial charge in [-0.3, -0.25) is 0 Å². The number of para-hydroxylation sites is 2. The average Bonchev–Trinajstić information content (AvgIpc) is 3.23. The lowest BCUT2D eigenvalue weighted by molar-refractivity contribution is 1.54. The highest BCUT2D eigenvalue weighted by Crippen LogP contribution is 2.35. The summed E-state index contributed by atoms with van der Waals surface area (Å²) < 4.78 is 82.0. The Labute approximate surface area is 129 Å². The number of rotatable bonds is 0. The van der Waals surface area contributed by atoms with Crippen LogP contribution < -0.4 is 0 Å². The molecule has 3 aromatic carbocycles. The summed E-state index contributed by atoms with van der Waals surface area (Å²) in [5.74, 6) is 0. The molecule has 5 rings (SSSR count). The lowest BCUT2D eigenvalue weighted by atomic mass is 10.1. The molecule has 0 spiro atoms. The molecule has 5 aromatic rings. The van der Waals surface area contributed by atoms with E-state index in [9.17, 15) is 0 Å². The molecule has 0 atom stereocenters. The topological polar surface area (TPSA) is 31.6 Å². The van der Waals surface area contributed by atoms with Gasteiger partial charge in [0.05, 0.1) is 17.9 Å². The summed E-state index contributed by atoms with van der Waals surface area (Å²) >= 11 is 0. The van der Waals surface area contributed by atoms with Crippen LogP contribution in [0, 0.1) is 0 Å². The van der Waals surface area contributed by atoms with Gasteiger partial charge in [0.1, 0.15) is 0 Å². The minimum atomic E-state index is -0.500. The predicted molar refractivity (Wildman–Crippen MR) is 85.2 cm³/mol. The molecule has 0 bridgehead atoms. The first-order valence-electron chi connectivity index (χ1n) is 11.0. The third kappa shape index (κ3) is 1.14. The van der Waals surface area contributed by atoms with Gasteiger partial charge in [0.2, 0.25) is 0 Å². The first-order valence-corrected chi connectivity index (χ1v) is 6.02. The maximum absolute atomic E-state index is 8.49. The van der Waals surface area contributed by atoms with E-state index < -0.39 is 18.1 Å². The normalized spacial score (nSPS) is 19.0. The molecule has 0 amide bonds. The Morgan fingerprint density at radius 2 is 1.60 bits per heavy atom. The van der Waals surface area contributed by atoms with Crippen molar-refractivity contribution in [3.8, 4) is 0 Å². The van der Waals surface area contributed by atoms with Crippen LogP contribution in [0.4, 0.5) is 0 Å². The Morgan fingerprint density at radius 1 is 0.750 bits per heavy atom. The fraction of sp³-hybridized carbons (Fsp3) is 0. The molecule has 0 aliphatic rings. The van der Waals surface area contributed by atoms with E-state index in [0.29, 0.717) is 5.52 Å². The Morgan fingerprint density at radius 3 is 2.60 bits per heavy atom. The highest BCUT2D eigenvalue weighted by molar-refractivity contribution is 6.24. The van der Waals surface area contributed by atoms with Gasteiger partial charge in [-0.25, -0.2) is 0 Å². The van der Waals surface area contributed by atoms with E-state index in [1.54, 1.807) is 0 Å². The third-order valence-corrected chi connectivity index (χ3v) is 3.44. The number of aromatic nitrogens is 2. The number of fused-ring (bicyclic) bond motifs is 7. The maximum Gasteiger partial charge on any atom is 0.167 e. The van der Waals surface area contributed by atoms with Crippen molar-refractivity contribution in [1.29, 1.82) is 0 Å². The second-order valence-electron chi connectivity index (χ2n) is 4.51. The van der Waals surface area contributed by atoms with Crippen LogP contribution in [-0.2, 0) is 0 Å². The summed E-state index contributed by atoms with van der Waals surface area (Å²) in [6.45, 7) is 0. The van der Waals surface area contributed by atoms with Crippen LogP contribution >= 0.6 is 0 Å². The molecule has 2 N–H and O–H groups in total. The molecule has 0 aliphatic heterocycles. The van der Waals surface area contributed by atoms with Gasteiger partial charge in [-0.15, -0.1) is 0 Å². The number of hydrogen-bond acceptors (Lipinski definition) is 0. The lowest BCUT2D eigenvalue weighted by Gasteiger charge is -1.94. The summed E-state index contributed by atoms with van der Waals surface area (Å²) in [7, 11) is 0. The zero-order chi connectivity index (χ0) is 21.8. The van der Waals surface area contributed by atoms with Crippen molar-refractivity contribution < 1.29 is 13.7 Å². The number of nitrogens with one attached hydrogen (secondary N) is 2. The van der Waals surface area contributed by atoms with Crippen LogP contribution in [0.2, 0.25) is 1.41 Å². The SMILES string of the molecule is [2H]c1cc2[nH]c3c(c([2H])c([2H])c4c3c3c([2H])c([2H])c([2H])c([2H])c3n4[2H])c2c([2H])c1[2H]. The monoisotopic (exact) mass is 266 g/mol. The summed E-state index contributed by atoms with van der Waals surface area (Å²) in [5, 5.41) is 0.565. The van der Waals surface area contributed by atoms with Crippen LogP contribution in [0.5, 0.6) is 0 Å². The molecule has 0 radical (unpaired) electrons. The molecule has 2 heteroatoms. The van der Waals surface area contributed by atoms with Crippen molar-refractivity contribution in [2.45, 2.75) is 0 Å². The minimum Gasteiger partial charge on any atom is -0.354 e. The van der Waals surface area contributed by atoms with E-state index >= 15 is 0 Å². The largest absolute Gasteiger partial charge is 0.354 e. The summed E-state index contributed by atoms with van der Waals surface area (Å²) in [6.07, 6.45) is 0. The zero-order valence-corrected chi connectivity index (χ0v) is 10.0. The molecular formula is C18H12N2. The molecular weight excluding hydrogens is 244 g/mol. The van der Waals surface area contributed by atoms with Gasteiger partial charge in [0, 0.05) is 38.1 Å². The smallest absolute Gasteiger partial charge is 0.167 e. The summed E-state index contributed by atoms with van der Waals surface area (Å²) in [6, 6.07) is -1.84. The highest BCUT2D eigenvalue weighted by atomic mass is 14.7. The molecule has 0 saturated heterocycles. The third-order valence-electron chi connectivity index (χ3n) is 3.44. The van der Waals surface area contributed by atoms with Gasteiger partial charge in [-0.1, -0.05) is 42.3 Å². The first-order chi connectivity index (χ1) is 14.1. The van der Waals surface area contributed by atoms with Gasteiger partial charge in [0.15, 0.2) is 1.41 Å². The van der Waals surface area contributed by atoms with E-state index in [1.807, 2.05) is 0 Å². The number of H-pyrrole nitrogens is 2. The van der Waals surface area contributed by atoms with Crippen LogP contribution in [0.3, 0.4) is 0 Å². The zero-order valence-electron chi connectivity index (χ0n) is 20.0. The summed E-state index contributed by atoms with van der Waals surface area (Å²) in [4.78, 5) is 3.76. The van der Waals surface area contributed by atoms with Crippen LogP contribution in [0.1, 0.15) is 12.3 Å². The van der Waals surface area contributed by atoms with E-state index in [-0.39, 0.29) is 74.3 Å². The van der Waals surface area contributed by atoms with Gasteiger partial charge >= 0.3 is 0 Å². The highest BCUT2D eigenvalue weighted by Gasteiger charge is 2.11. The fourth-order valence-electron chi connectivity index (χ4n) is 2.59. The van der Waals surface area contributed by atoms with Crippen LogP contribution in [0.25, 0.3) is 43.6 Å². The Hall–Kier alpha value is -2.74. The van der Waals surface area contributed by atoms with Crippen molar-refractivity contribution in [2.24, 2.45) is 0 Å². The summed E-state index contributed by atoms with van der Waals surface area (Å²) in [5.41, 5.74) is 0.386. The van der Waals surface area contributed by atoms with Crippen LogP contribution in [-0.4, -0.2) is 9.96 Å². The van der Waals surface area contributed by atoms with Gasteiger partial charge in [0.25, 0.3) is 0 Å². The van der Waals surface area contributed by atoms with E-state index in [4.69, 9.17) is 13.7 Å². The maximum atomic E-state index is 8.49. The lowest BCUT2D eigenvalue weighted by Crippen LogP contribution is -1.71. The van der Waals surface area contributed by atoms with Gasteiger partial charge < -0.3 is 9.96 Å². The van der Waals surface area contributed by atoms with E-state index in [0.717, 1.165) is 4.98 Å². The minimum absolute atomic E-state index is 0.0415. The van der Waals surface area contributed by atoms with Gasteiger partial charge in [-0.05, 0) is 18.2 Å². The second kappa shape index (κ2) is 3.42. The molecule has 20 heavy (non-hydrogen) atoms. The fourth-order valence-corrected chi connectivity index (χ4v) is 2.59. The molecule has 0 unspecified atom stereocenters.